The molecular weight excluding hydrogens is 453 g/mol. The second-order valence-corrected chi connectivity index (χ2v) is 7.42. The van der Waals surface area contributed by atoms with Crippen molar-refractivity contribution in [2.75, 3.05) is 19.1 Å². The number of hydrogen-bond acceptors (Lipinski definition) is 7. The molecule has 1 aliphatic heterocycles. The monoisotopic (exact) mass is 473 g/mol. The number of halogens is 5. The lowest BCUT2D eigenvalue weighted by Crippen LogP contribution is -2.48. The second-order valence-electron chi connectivity index (χ2n) is 7.42. The summed E-state index contributed by atoms with van der Waals surface area (Å²) >= 11 is 0. The zero-order valence-corrected chi connectivity index (χ0v) is 17.8. The van der Waals surface area contributed by atoms with E-state index in [1.165, 1.54) is 33.2 Å². The Hall–Kier alpha value is -3.51. The number of amidine groups is 1. The fraction of sp³-hybridized carbons (Fsp3) is 0.400. The van der Waals surface area contributed by atoms with Crippen LogP contribution in [0.3, 0.4) is 0 Å². The van der Waals surface area contributed by atoms with Crippen LogP contribution in [0.15, 0.2) is 23.3 Å². The van der Waals surface area contributed by atoms with Crippen LogP contribution in [-0.2, 0) is 10.3 Å². The van der Waals surface area contributed by atoms with Crippen molar-refractivity contribution in [1.29, 1.82) is 0 Å². The van der Waals surface area contributed by atoms with Crippen LogP contribution in [0, 0.1) is 19.7 Å². The minimum atomic E-state index is -4.89. The van der Waals surface area contributed by atoms with E-state index in [1.54, 1.807) is 0 Å². The fourth-order valence-corrected chi connectivity index (χ4v) is 3.44. The maximum atomic E-state index is 15.0. The van der Waals surface area contributed by atoms with Crippen molar-refractivity contribution in [2.24, 2.45) is 10.7 Å². The average Bonchev–Trinajstić information content (AvgIpc) is 2.74. The van der Waals surface area contributed by atoms with Crippen molar-refractivity contribution >= 4 is 17.6 Å². The van der Waals surface area contributed by atoms with Gasteiger partial charge in [0, 0.05) is 17.7 Å². The van der Waals surface area contributed by atoms with Crippen LogP contribution < -0.4 is 15.8 Å². The number of amides is 1. The number of ether oxygens (including phenoxy) is 2. The lowest BCUT2D eigenvalue weighted by Gasteiger charge is -2.37. The lowest BCUT2D eigenvalue weighted by atomic mass is 9.83. The van der Waals surface area contributed by atoms with Gasteiger partial charge in [0.05, 0.1) is 19.0 Å². The number of anilines is 1. The standard InChI is InChI=1S/C20H20F5N5O3/c1-9-4-11(29-17(31)16-10(2)28-14(32-3)7-27-16)5-12(15(9)22)19(8-21)6-13(20(23,24)25)33-18(26)30-19/h4-5,7,13H,6,8H2,1-3H3,(H2,26,30)(H,29,31). The van der Waals surface area contributed by atoms with Gasteiger partial charge in [-0.1, -0.05) is 0 Å². The number of carbonyl (C=O) groups is 1. The summed E-state index contributed by atoms with van der Waals surface area (Å²) in [6.07, 6.45) is -7.19. The molecule has 2 atom stereocenters. The van der Waals surface area contributed by atoms with Crippen LogP contribution in [0.25, 0.3) is 0 Å². The van der Waals surface area contributed by atoms with Gasteiger partial charge in [0.15, 0.2) is 6.10 Å². The summed E-state index contributed by atoms with van der Waals surface area (Å²) in [6.45, 7) is 1.34. The number of nitrogens with one attached hydrogen (secondary N) is 1. The molecule has 0 saturated carbocycles. The largest absolute Gasteiger partial charge is 0.480 e. The highest BCUT2D eigenvalue weighted by atomic mass is 19.4. The SMILES string of the molecule is COc1cnc(C(=O)Nc2cc(C)c(F)c(C3(CF)CC(C(F)(F)F)OC(N)=N3)c2)c(C)n1. The average molecular weight is 473 g/mol. The Kier molecular flexibility index (Phi) is 6.43. The molecule has 0 spiro atoms. The summed E-state index contributed by atoms with van der Waals surface area (Å²) in [7, 11) is 1.38. The van der Waals surface area contributed by atoms with Crippen LogP contribution in [0.4, 0.5) is 27.6 Å². The summed E-state index contributed by atoms with van der Waals surface area (Å²) in [5.74, 6) is -1.52. The van der Waals surface area contributed by atoms with Gasteiger partial charge in [-0.25, -0.2) is 23.7 Å². The molecule has 1 aromatic heterocycles. The van der Waals surface area contributed by atoms with Gasteiger partial charge in [0.1, 0.15) is 23.7 Å². The van der Waals surface area contributed by atoms with E-state index >= 15 is 4.39 Å². The minimum absolute atomic E-state index is 0.0115. The van der Waals surface area contributed by atoms with Crippen LogP contribution in [-0.4, -0.2) is 48.0 Å². The molecule has 0 aliphatic carbocycles. The molecule has 3 N–H and O–H groups in total. The van der Waals surface area contributed by atoms with Crippen molar-refractivity contribution in [3.8, 4) is 5.88 Å². The molecule has 8 nitrogen and oxygen atoms in total. The molecule has 33 heavy (non-hydrogen) atoms. The van der Waals surface area contributed by atoms with E-state index in [2.05, 4.69) is 25.0 Å². The lowest BCUT2D eigenvalue weighted by molar-refractivity contribution is -0.209. The van der Waals surface area contributed by atoms with E-state index in [0.717, 1.165) is 6.07 Å². The number of benzene rings is 1. The number of nitrogens with zero attached hydrogens (tertiary/aromatic N) is 3. The highest BCUT2D eigenvalue weighted by molar-refractivity contribution is 6.03. The van der Waals surface area contributed by atoms with Gasteiger partial charge in [-0.2, -0.15) is 13.2 Å². The van der Waals surface area contributed by atoms with Gasteiger partial charge in [-0.15, -0.1) is 0 Å². The van der Waals surface area contributed by atoms with E-state index in [-0.39, 0.29) is 28.5 Å². The first-order chi connectivity index (χ1) is 15.4. The van der Waals surface area contributed by atoms with Crippen molar-refractivity contribution in [3.05, 3.63) is 46.7 Å². The molecule has 1 amide bonds. The van der Waals surface area contributed by atoms with Gasteiger partial charge in [-0.3, -0.25) is 4.79 Å². The predicted octanol–water partition coefficient (Wildman–Crippen LogP) is 3.32. The minimum Gasteiger partial charge on any atom is -0.480 e. The first kappa shape index (κ1) is 24.1. The summed E-state index contributed by atoms with van der Waals surface area (Å²) in [5, 5.41) is 2.47. The number of methoxy groups -OCH3 is 1. The zero-order chi connectivity index (χ0) is 24.6. The Morgan fingerprint density at radius 2 is 2.06 bits per heavy atom. The third-order valence-electron chi connectivity index (χ3n) is 5.06. The number of carbonyl (C=O) groups excluding carboxylic acids is 1. The first-order valence-corrected chi connectivity index (χ1v) is 9.54. The molecule has 0 bridgehead atoms. The van der Waals surface area contributed by atoms with Gasteiger partial charge in [0.2, 0.25) is 5.88 Å². The number of hydrogen-bond donors (Lipinski definition) is 2. The number of nitrogens with two attached hydrogens (primary N) is 1. The van der Waals surface area contributed by atoms with E-state index < -0.39 is 54.2 Å². The number of aromatic nitrogens is 2. The van der Waals surface area contributed by atoms with Gasteiger partial charge in [-0.05, 0) is 31.5 Å². The molecular formula is C20H20F5N5O3. The van der Waals surface area contributed by atoms with E-state index in [9.17, 15) is 22.4 Å². The molecule has 178 valence electrons. The van der Waals surface area contributed by atoms with E-state index in [1.807, 2.05) is 0 Å². The second kappa shape index (κ2) is 8.79. The predicted molar refractivity (Wildman–Crippen MR) is 107 cm³/mol. The van der Waals surface area contributed by atoms with E-state index in [4.69, 9.17) is 10.5 Å². The number of aliphatic imine (C=N–C) groups is 1. The van der Waals surface area contributed by atoms with Gasteiger partial charge in [0.25, 0.3) is 11.9 Å². The molecule has 1 aromatic carbocycles. The third kappa shape index (κ3) is 4.81. The van der Waals surface area contributed by atoms with Crippen molar-refractivity contribution in [3.63, 3.8) is 0 Å². The number of aryl methyl sites for hydroxylation is 2. The van der Waals surface area contributed by atoms with Crippen LogP contribution in [0.5, 0.6) is 5.88 Å². The molecule has 2 heterocycles. The summed E-state index contributed by atoms with van der Waals surface area (Å²) < 4.78 is 78.5. The first-order valence-electron chi connectivity index (χ1n) is 9.54. The Morgan fingerprint density at radius 1 is 1.36 bits per heavy atom. The molecule has 3 rings (SSSR count). The number of alkyl halides is 4. The highest BCUT2D eigenvalue weighted by Crippen LogP contribution is 2.42. The Labute approximate surface area is 185 Å². The van der Waals surface area contributed by atoms with Gasteiger partial charge >= 0.3 is 6.18 Å². The number of rotatable bonds is 5. The zero-order valence-electron chi connectivity index (χ0n) is 17.8. The molecule has 0 saturated heterocycles. The summed E-state index contributed by atoms with van der Waals surface area (Å²) in [5.41, 5.74) is 2.68. The maximum absolute atomic E-state index is 15.0. The molecule has 0 fully saturated rings. The third-order valence-corrected chi connectivity index (χ3v) is 5.06. The van der Waals surface area contributed by atoms with E-state index in [0.29, 0.717) is 0 Å². The van der Waals surface area contributed by atoms with Crippen molar-refractivity contribution < 1.29 is 36.2 Å². The van der Waals surface area contributed by atoms with Crippen LogP contribution in [0.1, 0.15) is 33.7 Å². The van der Waals surface area contributed by atoms with Crippen molar-refractivity contribution in [1.82, 2.24) is 9.97 Å². The Morgan fingerprint density at radius 3 is 2.64 bits per heavy atom. The summed E-state index contributed by atoms with van der Waals surface area (Å²) in [4.78, 5) is 24.3. The molecule has 1 aliphatic rings. The Bertz CT molecular complexity index is 1110. The molecule has 0 radical (unpaired) electrons. The fourth-order valence-electron chi connectivity index (χ4n) is 3.44. The smallest absolute Gasteiger partial charge is 0.425 e. The Balaban J connectivity index is 2.02. The van der Waals surface area contributed by atoms with Crippen LogP contribution >= 0.6 is 0 Å². The molecule has 2 unspecified atom stereocenters. The quantitative estimate of drug-likeness (QED) is 0.645. The maximum Gasteiger partial charge on any atom is 0.425 e. The topological polar surface area (TPSA) is 112 Å². The normalized spacial score (nSPS) is 20.6. The van der Waals surface area contributed by atoms with Gasteiger partial charge < -0.3 is 20.5 Å². The van der Waals surface area contributed by atoms with Crippen molar-refractivity contribution in [2.45, 2.75) is 38.1 Å². The van der Waals surface area contributed by atoms with Crippen LogP contribution in [0.2, 0.25) is 0 Å². The summed E-state index contributed by atoms with van der Waals surface area (Å²) in [6, 6.07) is 1.33. The molecule has 13 heteroatoms. The molecule has 2 aromatic rings. The highest BCUT2D eigenvalue weighted by Gasteiger charge is 2.52.